The van der Waals surface area contributed by atoms with Gasteiger partial charge in [-0.2, -0.15) is 0 Å². The minimum Gasteiger partial charge on any atom is -0.490 e. The fourth-order valence-corrected chi connectivity index (χ4v) is 1.24. The lowest BCUT2D eigenvalue weighted by molar-refractivity contribution is 0.0520. The number of alkyl carbamates (subject to hydrolysis) is 1. The molecular formula is C13H20N2O3. The van der Waals surface area contributed by atoms with Gasteiger partial charge in [0.1, 0.15) is 18.0 Å². The summed E-state index contributed by atoms with van der Waals surface area (Å²) in [5.41, 5.74) is 0.554. The molecule has 0 aliphatic carbocycles. The molecule has 0 spiro atoms. The van der Waals surface area contributed by atoms with E-state index in [1.807, 2.05) is 33.8 Å². The lowest BCUT2D eigenvalue weighted by atomic mass is 10.2. The quantitative estimate of drug-likeness (QED) is 0.835. The van der Waals surface area contributed by atoms with Gasteiger partial charge in [-0.15, -0.1) is 0 Å². The van der Waals surface area contributed by atoms with E-state index in [0.717, 1.165) is 5.56 Å². The molecule has 0 aliphatic heterocycles. The van der Waals surface area contributed by atoms with Gasteiger partial charge in [0.25, 0.3) is 0 Å². The zero-order chi connectivity index (χ0) is 13.6. The number of nitrogens with one attached hydrogen (secondary N) is 1. The number of amides is 1. The number of hydrogen-bond acceptors (Lipinski definition) is 4. The average Bonchev–Trinajstić information content (AvgIpc) is 2.22. The SMILES string of the molecule is Cc1cncc(OCCNC(=O)OC(C)(C)C)c1. The molecule has 5 nitrogen and oxygen atoms in total. The Balaban J connectivity index is 2.21. The number of ether oxygens (including phenoxy) is 2. The molecule has 5 heteroatoms. The first-order valence-corrected chi connectivity index (χ1v) is 5.88. The third-order valence-electron chi connectivity index (χ3n) is 1.89. The first kappa shape index (κ1) is 14.3. The third kappa shape index (κ3) is 6.08. The van der Waals surface area contributed by atoms with Crippen LogP contribution in [-0.2, 0) is 4.74 Å². The Kier molecular flexibility index (Phi) is 4.95. The van der Waals surface area contributed by atoms with Crippen LogP contribution in [0, 0.1) is 6.92 Å². The number of aromatic nitrogens is 1. The van der Waals surface area contributed by atoms with Crippen molar-refractivity contribution in [2.75, 3.05) is 13.2 Å². The molecule has 1 heterocycles. The maximum Gasteiger partial charge on any atom is 0.407 e. The fourth-order valence-electron chi connectivity index (χ4n) is 1.24. The molecule has 1 amide bonds. The van der Waals surface area contributed by atoms with Crippen molar-refractivity contribution < 1.29 is 14.3 Å². The van der Waals surface area contributed by atoms with E-state index in [-0.39, 0.29) is 0 Å². The van der Waals surface area contributed by atoms with E-state index in [2.05, 4.69) is 10.3 Å². The summed E-state index contributed by atoms with van der Waals surface area (Å²) in [5, 5.41) is 2.62. The standard InChI is InChI=1S/C13H20N2O3/c1-10-7-11(9-14-8-10)17-6-5-15-12(16)18-13(2,3)4/h7-9H,5-6H2,1-4H3,(H,15,16). The monoisotopic (exact) mass is 252 g/mol. The lowest BCUT2D eigenvalue weighted by Crippen LogP contribution is -2.34. The van der Waals surface area contributed by atoms with Crippen LogP contribution in [0.5, 0.6) is 5.75 Å². The Morgan fingerprint density at radius 3 is 2.72 bits per heavy atom. The number of carbonyl (C=O) groups is 1. The zero-order valence-corrected chi connectivity index (χ0v) is 11.3. The number of nitrogens with zero attached hydrogens (tertiary/aromatic N) is 1. The molecule has 0 fully saturated rings. The van der Waals surface area contributed by atoms with E-state index in [1.165, 1.54) is 0 Å². The van der Waals surface area contributed by atoms with Crippen molar-refractivity contribution in [2.45, 2.75) is 33.3 Å². The normalized spacial score (nSPS) is 10.9. The van der Waals surface area contributed by atoms with Crippen LogP contribution in [0.4, 0.5) is 4.79 Å². The molecule has 1 N–H and O–H groups in total. The van der Waals surface area contributed by atoms with E-state index in [0.29, 0.717) is 18.9 Å². The molecule has 0 aromatic carbocycles. The molecule has 0 radical (unpaired) electrons. The van der Waals surface area contributed by atoms with Crippen molar-refractivity contribution in [1.82, 2.24) is 10.3 Å². The van der Waals surface area contributed by atoms with E-state index in [9.17, 15) is 4.79 Å². The largest absolute Gasteiger partial charge is 0.490 e. The fraction of sp³-hybridized carbons (Fsp3) is 0.538. The van der Waals surface area contributed by atoms with Crippen LogP contribution in [0.25, 0.3) is 0 Å². The van der Waals surface area contributed by atoms with Crippen molar-refractivity contribution in [3.05, 3.63) is 24.0 Å². The van der Waals surface area contributed by atoms with E-state index in [4.69, 9.17) is 9.47 Å². The molecular weight excluding hydrogens is 232 g/mol. The van der Waals surface area contributed by atoms with Crippen LogP contribution in [0.15, 0.2) is 18.5 Å². The van der Waals surface area contributed by atoms with Gasteiger partial charge in [-0.05, 0) is 39.3 Å². The summed E-state index contributed by atoms with van der Waals surface area (Å²) in [5.74, 6) is 0.695. The molecule has 0 unspecified atom stereocenters. The molecule has 0 aliphatic rings. The summed E-state index contributed by atoms with van der Waals surface area (Å²) in [6, 6.07) is 1.89. The van der Waals surface area contributed by atoms with Gasteiger partial charge in [0.05, 0.1) is 12.7 Å². The summed E-state index contributed by atoms with van der Waals surface area (Å²) in [7, 11) is 0. The van der Waals surface area contributed by atoms with Gasteiger partial charge in [-0.3, -0.25) is 4.98 Å². The summed E-state index contributed by atoms with van der Waals surface area (Å²) >= 11 is 0. The zero-order valence-electron chi connectivity index (χ0n) is 11.3. The second-order valence-corrected chi connectivity index (χ2v) is 4.98. The van der Waals surface area contributed by atoms with Crippen LogP contribution < -0.4 is 10.1 Å². The highest BCUT2D eigenvalue weighted by atomic mass is 16.6. The highest BCUT2D eigenvalue weighted by Gasteiger charge is 2.15. The number of carbonyl (C=O) groups excluding carboxylic acids is 1. The average molecular weight is 252 g/mol. The first-order chi connectivity index (χ1) is 8.37. The van der Waals surface area contributed by atoms with Crippen LogP contribution in [0.1, 0.15) is 26.3 Å². The second-order valence-electron chi connectivity index (χ2n) is 4.98. The van der Waals surface area contributed by atoms with Crippen LogP contribution >= 0.6 is 0 Å². The molecule has 0 saturated carbocycles. The van der Waals surface area contributed by atoms with Gasteiger partial charge in [0.2, 0.25) is 0 Å². The Bertz CT molecular complexity index is 399. The summed E-state index contributed by atoms with van der Waals surface area (Å²) in [6.45, 7) is 8.18. The van der Waals surface area contributed by atoms with Crippen LogP contribution in [0.3, 0.4) is 0 Å². The smallest absolute Gasteiger partial charge is 0.407 e. The molecule has 0 atom stereocenters. The van der Waals surface area contributed by atoms with Crippen molar-refractivity contribution in [3.63, 3.8) is 0 Å². The first-order valence-electron chi connectivity index (χ1n) is 5.88. The Morgan fingerprint density at radius 2 is 2.11 bits per heavy atom. The highest BCUT2D eigenvalue weighted by Crippen LogP contribution is 2.09. The topological polar surface area (TPSA) is 60.5 Å². The molecule has 18 heavy (non-hydrogen) atoms. The van der Waals surface area contributed by atoms with Crippen molar-refractivity contribution >= 4 is 6.09 Å². The van der Waals surface area contributed by atoms with Crippen molar-refractivity contribution in [3.8, 4) is 5.75 Å². The highest BCUT2D eigenvalue weighted by molar-refractivity contribution is 5.67. The van der Waals surface area contributed by atoms with Gasteiger partial charge in [0, 0.05) is 6.20 Å². The van der Waals surface area contributed by atoms with Gasteiger partial charge >= 0.3 is 6.09 Å². The van der Waals surface area contributed by atoms with Gasteiger partial charge in [-0.25, -0.2) is 4.79 Å². The summed E-state index contributed by atoms with van der Waals surface area (Å²) < 4.78 is 10.5. The van der Waals surface area contributed by atoms with Gasteiger partial charge in [-0.1, -0.05) is 0 Å². The van der Waals surface area contributed by atoms with Crippen molar-refractivity contribution in [1.29, 1.82) is 0 Å². The number of rotatable bonds is 4. The molecule has 1 rings (SSSR count). The second kappa shape index (κ2) is 6.23. The van der Waals surface area contributed by atoms with Gasteiger partial charge < -0.3 is 14.8 Å². The maximum atomic E-state index is 11.3. The molecule has 0 saturated heterocycles. The summed E-state index contributed by atoms with van der Waals surface area (Å²) in [4.78, 5) is 15.3. The Labute approximate surface area is 108 Å². The third-order valence-corrected chi connectivity index (χ3v) is 1.89. The minimum atomic E-state index is -0.481. The molecule has 1 aromatic heterocycles. The van der Waals surface area contributed by atoms with Crippen LogP contribution in [0.2, 0.25) is 0 Å². The minimum absolute atomic E-state index is 0.379. The lowest BCUT2D eigenvalue weighted by Gasteiger charge is -2.19. The Morgan fingerprint density at radius 1 is 1.39 bits per heavy atom. The Hall–Kier alpha value is -1.78. The number of hydrogen-bond donors (Lipinski definition) is 1. The molecule has 100 valence electrons. The van der Waals surface area contributed by atoms with Crippen molar-refractivity contribution in [2.24, 2.45) is 0 Å². The van der Waals surface area contributed by atoms with E-state index < -0.39 is 11.7 Å². The van der Waals surface area contributed by atoms with Crippen LogP contribution in [-0.4, -0.2) is 29.8 Å². The molecule has 1 aromatic rings. The molecule has 0 bridgehead atoms. The van der Waals surface area contributed by atoms with Gasteiger partial charge in [0.15, 0.2) is 0 Å². The summed E-state index contributed by atoms with van der Waals surface area (Å²) in [6.07, 6.45) is 2.96. The van der Waals surface area contributed by atoms with E-state index >= 15 is 0 Å². The predicted molar refractivity (Wildman–Crippen MR) is 68.7 cm³/mol. The number of pyridine rings is 1. The van der Waals surface area contributed by atoms with E-state index in [1.54, 1.807) is 12.4 Å². The number of aryl methyl sites for hydroxylation is 1. The maximum absolute atomic E-state index is 11.3. The predicted octanol–water partition coefficient (Wildman–Crippen LogP) is 2.29.